The van der Waals surface area contributed by atoms with E-state index in [2.05, 4.69) is 16.9 Å². The fourth-order valence-electron chi connectivity index (χ4n) is 2.02. The molecule has 6 heteroatoms. The van der Waals surface area contributed by atoms with E-state index in [-0.39, 0.29) is 17.9 Å². The van der Waals surface area contributed by atoms with Gasteiger partial charge in [-0.2, -0.15) is 11.8 Å². The molecule has 1 aromatic rings. The summed E-state index contributed by atoms with van der Waals surface area (Å²) in [5.74, 6) is 2.71. The molecular weight excluding hydrogens is 260 g/mol. The number of nitrogen functional groups attached to an aromatic ring is 1. The van der Waals surface area contributed by atoms with E-state index >= 15 is 0 Å². The number of rotatable bonds is 2. The lowest BCUT2D eigenvalue weighted by Crippen LogP contribution is -2.45. The summed E-state index contributed by atoms with van der Waals surface area (Å²) < 4.78 is 0. The zero-order chi connectivity index (χ0) is 14.0. The molecule has 2 heterocycles. The Kier molecular flexibility index (Phi) is 4.29. The molecule has 5 nitrogen and oxygen atoms in total. The lowest BCUT2D eigenvalue weighted by Gasteiger charge is -2.33. The summed E-state index contributed by atoms with van der Waals surface area (Å²) in [7, 11) is 0. The largest absolute Gasteiger partial charge is 0.396 e. The highest BCUT2D eigenvalue weighted by Crippen LogP contribution is 2.21. The molecule has 0 aliphatic carbocycles. The Bertz CT molecular complexity index is 478. The second-order valence-electron chi connectivity index (χ2n) is 5.11. The Balaban J connectivity index is 2.29. The van der Waals surface area contributed by atoms with Gasteiger partial charge >= 0.3 is 0 Å². The molecule has 0 spiro atoms. The summed E-state index contributed by atoms with van der Waals surface area (Å²) in [6.45, 7) is 6.82. The highest BCUT2D eigenvalue weighted by atomic mass is 32.2. The highest BCUT2D eigenvalue weighted by Gasteiger charge is 2.27. The van der Waals surface area contributed by atoms with E-state index in [0.29, 0.717) is 17.2 Å². The summed E-state index contributed by atoms with van der Waals surface area (Å²) in [5.41, 5.74) is 6.57. The molecule has 1 amide bonds. The van der Waals surface area contributed by atoms with Gasteiger partial charge in [0.2, 0.25) is 0 Å². The number of amides is 1. The van der Waals surface area contributed by atoms with Crippen molar-refractivity contribution in [2.75, 3.05) is 23.8 Å². The molecule has 1 unspecified atom stereocenters. The van der Waals surface area contributed by atoms with Crippen LogP contribution in [0.4, 0.5) is 5.69 Å². The number of hydrogen-bond donors (Lipinski definition) is 1. The van der Waals surface area contributed by atoms with E-state index in [9.17, 15) is 4.79 Å². The summed E-state index contributed by atoms with van der Waals surface area (Å²) in [6.07, 6.45) is 1.54. The van der Waals surface area contributed by atoms with Gasteiger partial charge < -0.3 is 10.6 Å². The Hall–Kier alpha value is -1.30. The Morgan fingerprint density at radius 3 is 2.95 bits per heavy atom. The molecule has 0 bridgehead atoms. The van der Waals surface area contributed by atoms with E-state index in [0.717, 1.165) is 18.1 Å². The molecule has 1 aliphatic heterocycles. The van der Waals surface area contributed by atoms with Crippen LogP contribution in [0.3, 0.4) is 0 Å². The molecule has 1 fully saturated rings. The maximum Gasteiger partial charge on any atom is 0.275 e. The van der Waals surface area contributed by atoms with Crippen molar-refractivity contribution < 1.29 is 4.79 Å². The van der Waals surface area contributed by atoms with E-state index in [1.54, 1.807) is 6.20 Å². The van der Waals surface area contributed by atoms with Crippen molar-refractivity contribution >= 4 is 23.4 Å². The zero-order valence-corrected chi connectivity index (χ0v) is 12.4. The van der Waals surface area contributed by atoms with Gasteiger partial charge in [-0.25, -0.2) is 9.97 Å². The first-order valence-corrected chi connectivity index (χ1v) is 7.67. The molecule has 2 rings (SSSR count). The molecule has 0 aromatic carbocycles. The van der Waals surface area contributed by atoms with Crippen LogP contribution in [0.5, 0.6) is 0 Å². The molecule has 1 saturated heterocycles. The molecule has 1 atom stereocenters. The Labute approximate surface area is 118 Å². The molecule has 19 heavy (non-hydrogen) atoms. The van der Waals surface area contributed by atoms with Gasteiger partial charge in [-0.3, -0.25) is 4.79 Å². The average molecular weight is 280 g/mol. The molecule has 104 valence electrons. The molecule has 1 aromatic heterocycles. The second-order valence-corrected chi connectivity index (χ2v) is 6.26. The smallest absolute Gasteiger partial charge is 0.275 e. The van der Waals surface area contributed by atoms with E-state index < -0.39 is 0 Å². The first-order chi connectivity index (χ1) is 9.00. The highest BCUT2D eigenvalue weighted by molar-refractivity contribution is 7.99. The van der Waals surface area contributed by atoms with Crippen molar-refractivity contribution in [1.29, 1.82) is 0 Å². The SMILES string of the molecule is CC(C)c1ncc(N)c(C(=O)N2CCSCC2C)n1. The predicted molar refractivity (Wildman–Crippen MR) is 78.4 cm³/mol. The van der Waals surface area contributed by atoms with Gasteiger partial charge in [0.25, 0.3) is 5.91 Å². The molecule has 0 saturated carbocycles. The van der Waals surface area contributed by atoms with Gasteiger partial charge in [0.05, 0.1) is 11.9 Å². The zero-order valence-electron chi connectivity index (χ0n) is 11.6. The second kappa shape index (κ2) is 5.77. The minimum absolute atomic E-state index is 0.0744. The summed E-state index contributed by atoms with van der Waals surface area (Å²) in [5, 5.41) is 0. The maximum absolute atomic E-state index is 12.6. The Morgan fingerprint density at radius 1 is 1.58 bits per heavy atom. The number of nitrogens with two attached hydrogens (primary N) is 1. The number of thioether (sulfide) groups is 1. The van der Waals surface area contributed by atoms with Crippen LogP contribution in [-0.4, -0.2) is 44.9 Å². The summed E-state index contributed by atoms with van der Waals surface area (Å²) in [6, 6.07) is 0.225. The van der Waals surface area contributed by atoms with Crippen molar-refractivity contribution in [3.05, 3.63) is 17.7 Å². The number of aromatic nitrogens is 2. The van der Waals surface area contributed by atoms with Crippen LogP contribution in [-0.2, 0) is 0 Å². The minimum atomic E-state index is -0.0744. The third-order valence-electron chi connectivity index (χ3n) is 3.18. The van der Waals surface area contributed by atoms with Gasteiger partial charge in [0.15, 0.2) is 5.69 Å². The standard InChI is InChI=1S/C13H20N4OS/c1-8(2)12-15-6-10(14)11(16-12)13(18)17-4-5-19-7-9(17)3/h6,8-9H,4-5,7,14H2,1-3H3. The van der Waals surface area contributed by atoms with Crippen LogP contribution < -0.4 is 5.73 Å². The molecule has 1 aliphatic rings. The third-order valence-corrected chi connectivity index (χ3v) is 4.37. The first-order valence-electron chi connectivity index (χ1n) is 6.51. The van der Waals surface area contributed by atoms with Gasteiger partial charge in [-0.15, -0.1) is 0 Å². The molecule has 0 radical (unpaired) electrons. The quantitative estimate of drug-likeness (QED) is 0.893. The molecule has 2 N–H and O–H groups in total. The van der Waals surface area contributed by atoms with Crippen molar-refractivity contribution in [1.82, 2.24) is 14.9 Å². The monoisotopic (exact) mass is 280 g/mol. The van der Waals surface area contributed by atoms with Gasteiger partial charge in [0, 0.05) is 30.0 Å². The van der Waals surface area contributed by atoms with Crippen molar-refractivity contribution in [2.24, 2.45) is 0 Å². The molecular formula is C13H20N4OS. The van der Waals surface area contributed by atoms with Crippen molar-refractivity contribution in [2.45, 2.75) is 32.7 Å². The number of anilines is 1. The number of nitrogens with zero attached hydrogens (tertiary/aromatic N) is 3. The van der Waals surface area contributed by atoms with Crippen LogP contribution in [0.1, 0.15) is 43.0 Å². The average Bonchev–Trinajstić information content (AvgIpc) is 2.38. The Morgan fingerprint density at radius 2 is 2.32 bits per heavy atom. The third kappa shape index (κ3) is 3.00. The van der Waals surface area contributed by atoms with E-state index in [4.69, 9.17) is 5.73 Å². The van der Waals surface area contributed by atoms with Crippen LogP contribution in [0.25, 0.3) is 0 Å². The fraction of sp³-hybridized carbons (Fsp3) is 0.615. The number of carbonyl (C=O) groups is 1. The minimum Gasteiger partial charge on any atom is -0.396 e. The van der Waals surface area contributed by atoms with Crippen LogP contribution >= 0.6 is 11.8 Å². The number of hydrogen-bond acceptors (Lipinski definition) is 5. The van der Waals surface area contributed by atoms with E-state index in [1.165, 1.54) is 0 Å². The van der Waals surface area contributed by atoms with Gasteiger partial charge in [0.1, 0.15) is 5.82 Å². The fourth-order valence-corrected chi connectivity index (χ4v) is 3.03. The van der Waals surface area contributed by atoms with Crippen LogP contribution in [0.2, 0.25) is 0 Å². The lowest BCUT2D eigenvalue weighted by atomic mass is 10.2. The summed E-state index contributed by atoms with van der Waals surface area (Å²) >= 11 is 1.87. The predicted octanol–water partition coefficient (Wildman–Crippen LogP) is 1.76. The van der Waals surface area contributed by atoms with Crippen molar-refractivity contribution in [3.63, 3.8) is 0 Å². The first kappa shape index (κ1) is 14.1. The van der Waals surface area contributed by atoms with Gasteiger partial charge in [-0.05, 0) is 6.92 Å². The summed E-state index contributed by atoms with van der Waals surface area (Å²) in [4.78, 5) is 22.9. The van der Waals surface area contributed by atoms with E-state index in [1.807, 2.05) is 30.5 Å². The van der Waals surface area contributed by atoms with Gasteiger partial charge in [-0.1, -0.05) is 13.8 Å². The maximum atomic E-state index is 12.6. The normalized spacial score (nSPS) is 19.8. The lowest BCUT2D eigenvalue weighted by molar-refractivity contribution is 0.0710. The van der Waals surface area contributed by atoms with Crippen LogP contribution in [0, 0.1) is 0 Å². The number of carbonyl (C=O) groups excluding carboxylic acids is 1. The van der Waals surface area contributed by atoms with Crippen molar-refractivity contribution in [3.8, 4) is 0 Å². The van der Waals surface area contributed by atoms with Crippen LogP contribution in [0.15, 0.2) is 6.20 Å². The topological polar surface area (TPSA) is 72.1 Å².